The van der Waals surface area contributed by atoms with Gasteiger partial charge in [0, 0.05) is 24.3 Å². The van der Waals surface area contributed by atoms with Gasteiger partial charge in [-0.3, -0.25) is 4.68 Å². The molecule has 112 valence electrons. The molecule has 1 aromatic heterocycles. The van der Waals surface area contributed by atoms with Crippen molar-refractivity contribution in [1.29, 1.82) is 0 Å². The summed E-state index contributed by atoms with van der Waals surface area (Å²) in [6, 6.07) is 11.2. The van der Waals surface area contributed by atoms with E-state index >= 15 is 0 Å². The first-order valence-electron chi connectivity index (χ1n) is 8.19. The molecule has 0 aliphatic heterocycles. The largest absolute Gasteiger partial charge is 0.310 e. The number of rotatable bonds is 5. The Morgan fingerprint density at radius 2 is 1.76 bits per heavy atom. The number of nitrogens with one attached hydrogen (secondary N) is 1. The summed E-state index contributed by atoms with van der Waals surface area (Å²) >= 11 is 0. The first kappa shape index (κ1) is 14.3. The Bertz CT molecular complexity index is 524. The van der Waals surface area contributed by atoms with Gasteiger partial charge in [0.15, 0.2) is 0 Å². The molecule has 3 nitrogen and oxygen atoms in total. The van der Waals surface area contributed by atoms with Crippen LogP contribution in [0, 0.1) is 0 Å². The highest BCUT2D eigenvalue weighted by Gasteiger charge is 2.11. The molecule has 1 N–H and O–H groups in total. The highest BCUT2D eigenvalue weighted by molar-refractivity contribution is 5.15. The molecular weight excluding hydrogens is 258 g/mol. The molecule has 0 spiro atoms. The summed E-state index contributed by atoms with van der Waals surface area (Å²) in [5, 5.41) is 8.17. The normalized spacial score (nSPS) is 16.8. The fourth-order valence-electron chi connectivity index (χ4n) is 3.10. The maximum atomic E-state index is 4.47. The summed E-state index contributed by atoms with van der Waals surface area (Å²) in [5.41, 5.74) is 2.58. The Morgan fingerprint density at radius 1 is 1.00 bits per heavy atom. The van der Waals surface area contributed by atoms with E-state index in [2.05, 4.69) is 46.9 Å². The molecular formula is C18H25N3. The van der Waals surface area contributed by atoms with Crippen LogP contribution in [0.1, 0.15) is 49.7 Å². The van der Waals surface area contributed by atoms with E-state index in [0.717, 1.165) is 13.1 Å². The maximum absolute atomic E-state index is 4.47. The third-order valence-corrected chi connectivity index (χ3v) is 4.32. The Balaban J connectivity index is 1.50. The standard InChI is InChI=1S/C18H25N3/c1-2-7-11-18(10-6-1)19-12-17-13-20-21(15-17)14-16-8-4-3-5-9-16/h3-5,8-9,13,15,18-19H,1-2,6-7,10-12,14H2. The van der Waals surface area contributed by atoms with Gasteiger partial charge >= 0.3 is 0 Å². The Hall–Kier alpha value is -1.61. The van der Waals surface area contributed by atoms with Gasteiger partial charge in [-0.25, -0.2) is 0 Å². The van der Waals surface area contributed by atoms with Gasteiger partial charge in [0.25, 0.3) is 0 Å². The molecule has 3 rings (SSSR count). The van der Waals surface area contributed by atoms with Crippen LogP contribution in [-0.4, -0.2) is 15.8 Å². The molecule has 1 saturated carbocycles. The average molecular weight is 283 g/mol. The van der Waals surface area contributed by atoms with Gasteiger partial charge in [0.05, 0.1) is 12.7 Å². The lowest BCUT2D eigenvalue weighted by Gasteiger charge is -2.15. The summed E-state index contributed by atoms with van der Waals surface area (Å²) < 4.78 is 2.03. The number of aromatic nitrogens is 2. The molecule has 0 atom stereocenters. The number of benzene rings is 1. The van der Waals surface area contributed by atoms with Crippen LogP contribution in [0.3, 0.4) is 0 Å². The van der Waals surface area contributed by atoms with E-state index in [1.54, 1.807) is 0 Å². The SMILES string of the molecule is c1ccc(Cn2cc(CNC3CCCCCC3)cn2)cc1. The van der Waals surface area contributed by atoms with Crippen molar-refractivity contribution >= 4 is 0 Å². The van der Waals surface area contributed by atoms with E-state index in [4.69, 9.17) is 0 Å². The van der Waals surface area contributed by atoms with E-state index in [0.29, 0.717) is 6.04 Å². The lowest BCUT2D eigenvalue weighted by atomic mass is 10.1. The van der Waals surface area contributed by atoms with Gasteiger partial charge in [-0.15, -0.1) is 0 Å². The highest BCUT2D eigenvalue weighted by Crippen LogP contribution is 2.17. The van der Waals surface area contributed by atoms with Crippen LogP contribution in [0.15, 0.2) is 42.7 Å². The monoisotopic (exact) mass is 283 g/mol. The minimum atomic E-state index is 0.699. The third-order valence-electron chi connectivity index (χ3n) is 4.32. The molecule has 1 aliphatic rings. The van der Waals surface area contributed by atoms with Crippen molar-refractivity contribution in [3.63, 3.8) is 0 Å². The Kier molecular flexibility index (Phi) is 5.06. The quantitative estimate of drug-likeness (QED) is 0.847. The van der Waals surface area contributed by atoms with Crippen molar-refractivity contribution in [2.24, 2.45) is 0 Å². The summed E-state index contributed by atoms with van der Waals surface area (Å²) in [7, 11) is 0. The topological polar surface area (TPSA) is 29.9 Å². The van der Waals surface area contributed by atoms with Crippen molar-refractivity contribution in [2.75, 3.05) is 0 Å². The van der Waals surface area contributed by atoms with Crippen molar-refractivity contribution in [2.45, 2.75) is 57.7 Å². The first-order chi connectivity index (χ1) is 10.4. The van der Waals surface area contributed by atoms with Crippen LogP contribution in [0.25, 0.3) is 0 Å². The zero-order chi connectivity index (χ0) is 14.3. The number of hydrogen-bond acceptors (Lipinski definition) is 2. The predicted octanol–water partition coefficient (Wildman–Crippen LogP) is 3.74. The second-order valence-electron chi connectivity index (χ2n) is 6.10. The lowest BCUT2D eigenvalue weighted by molar-refractivity contribution is 0.459. The Morgan fingerprint density at radius 3 is 2.52 bits per heavy atom. The zero-order valence-corrected chi connectivity index (χ0v) is 12.7. The Labute approximate surface area is 127 Å². The summed E-state index contributed by atoms with van der Waals surface area (Å²) in [6.45, 7) is 1.80. The molecule has 0 saturated heterocycles. The van der Waals surface area contributed by atoms with Crippen LogP contribution in [-0.2, 0) is 13.1 Å². The van der Waals surface area contributed by atoms with Gasteiger partial charge in [-0.2, -0.15) is 5.10 Å². The second kappa shape index (κ2) is 7.41. The lowest BCUT2D eigenvalue weighted by Crippen LogP contribution is -2.27. The third kappa shape index (κ3) is 4.43. The second-order valence-corrected chi connectivity index (χ2v) is 6.10. The van der Waals surface area contributed by atoms with E-state index in [1.165, 1.54) is 49.7 Å². The summed E-state index contributed by atoms with van der Waals surface area (Å²) in [5.74, 6) is 0. The van der Waals surface area contributed by atoms with Crippen LogP contribution in [0.4, 0.5) is 0 Å². The summed E-state index contributed by atoms with van der Waals surface area (Å²) in [6.07, 6.45) is 12.4. The van der Waals surface area contributed by atoms with Crippen LogP contribution in [0.2, 0.25) is 0 Å². The van der Waals surface area contributed by atoms with E-state index < -0.39 is 0 Å². The molecule has 0 radical (unpaired) electrons. The molecule has 3 heteroatoms. The fourth-order valence-corrected chi connectivity index (χ4v) is 3.10. The van der Waals surface area contributed by atoms with Crippen molar-refractivity contribution in [1.82, 2.24) is 15.1 Å². The van der Waals surface area contributed by atoms with Crippen molar-refractivity contribution in [3.8, 4) is 0 Å². The smallest absolute Gasteiger partial charge is 0.0659 e. The molecule has 1 heterocycles. The molecule has 0 bridgehead atoms. The first-order valence-corrected chi connectivity index (χ1v) is 8.19. The molecule has 2 aromatic rings. The molecule has 0 amide bonds. The number of hydrogen-bond donors (Lipinski definition) is 1. The van der Waals surface area contributed by atoms with E-state index in [9.17, 15) is 0 Å². The zero-order valence-electron chi connectivity index (χ0n) is 12.7. The van der Waals surface area contributed by atoms with Gasteiger partial charge in [0.2, 0.25) is 0 Å². The van der Waals surface area contributed by atoms with E-state index in [1.807, 2.05) is 10.9 Å². The molecule has 1 fully saturated rings. The van der Waals surface area contributed by atoms with Gasteiger partial charge in [-0.1, -0.05) is 56.0 Å². The van der Waals surface area contributed by atoms with Crippen molar-refractivity contribution in [3.05, 3.63) is 53.9 Å². The highest BCUT2D eigenvalue weighted by atomic mass is 15.3. The van der Waals surface area contributed by atoms with Gasteiger partial charge < -0.3 is 5.32 Å². The molecule has 0 unspecified atom stereocenters. The minimum absolute atomic E-state index is 0.699. The van der Waals surface area contributed by atoms with Gasteiger partial charge in [-0.05, 0) is 18.4 Å². The molecule has 21 heavy (non-hydrogen) atoms. The van der Waals surface area contributed by atoms with Crippen molar-refractivity contribution < 1.29 is 0 Å². The predicted molar refractivity (Wildman–Crippen MR) is 86.1 cm³/mol. The van der Waals surface area contributed by atoms with Crippen LogP contribution < -0.4 is 5.32 Å². The summed E-state index contributed by atoms with van der Waals surface area (Å²) in [4.78, 5) is 0. The minimum Gasteiger partial charge on any atom is -0.310 e. The average Bonchev–Trinajstić information content (AvgIpc) is 2.80. The van der Waals surface area contributed by atoms with E-state index in [-0.39, 0.29) is 0 Å². The molecule has 1 aromatic carbocycles. The number of nitrogens with zero attached hydrogens (tertiary/aromatic N) is 2. The van der Waals surface area contributed by atoms with Gasteiger partial charge in [0.1, 0.15) is 0 Å². The fraction of sp³-hybridized carbons (Fsp3) is 0.500. The van der Waals surface area contributed by atoms with Crippen LogP contribution in [0.5, 0.6) is 0 Å². The maximum Gasteiger partial charge on any atom is 0.0659 e. The van der Waals surface area contributed by atoms with Crippen LogP contribution >= 0.6 is 0 Å². The molecule has 1 aliphatic carbocycles.